The quantitative estimate of drug-likeness (QED) is 0.699. The average molecular weight is 392 g/mol. The average Bonchev–Trinajstić information content (AvgIpc) is 2.90. The molecule has 6 nitrogen and oxygen atoms in total. The summed E-state index contributed by atoms with van der Waals surface area (Å²) in [5.74, 6) is -0.138. The number of allylic oxidation sites excluding steroid dienone is 1. The van der Waals surface area contributed by atoms with E-state index >= 15 is 0 Å². The molecule has 3 rings (SSSR count). The van der Waals surface area contributed by atoms with Gasteiger partial charge in [0.2, 0.25) is 0 Å². The number of Topliss-reactive ketones (excluding diaryl/α,β-unsaturated/α-hetero) is 1. The highest BCUT2D eigenvalue weighted by molar-refractivity contribution is 6.01. The van der Waals surface area contributed by atoms with Gasteiger partial charge in [0.05, 0.1) is 18.6 Å². The minimum absolute atomic E-state index is 0.0409. The molecule has 0 radical (unpaired) electrons. The largest absolute Gasteiger partial charge is 0.465 e. The van der Waals surface area contributed by atoms with Crippen molar-refractivity contribution in [3.63, 3.8) is 0 Å². The van der Waals surface area contributed by atoms with Crippen LogP contribution in [0.25, 0.3) is 0 Å². The van der Waals surface area contributed by atoms with Gasteiger partial charge in [0, 0.05) is 29.7 Å². The summed E-state index contributed by atoms with van der Waals surface area (Å²) in [6.07, 6.45) is 3.20. The molecular weight excluding hydrogens is 360 g/mol. The van der Waals surface area contributed by atoms with E-state index in [0.29, 0.717) is 17.9 Å². The van der Waals surface area contributed by atoms with Crippen molar-refractivity contribution < 1.29 is 29.0 Å². The van der Waals surface area contributed by atoms with Crippen LogP contribution in [-0.4, -0.2) is 41.6 Å². The molecule has 0 aromatic carbocycles. The Morgan fingerprint density at radius 3 is 2.54 bits per heavy atom. The van der Waals surface area contributed by atoms with Gasteiger partial charge in [-0.25, -0.2) is 0 Å². The van der Waals surface area contributed by atoms with E-state index in [-0.39, 0.29) is 48.1 Å². The Morgan fingerprint density at radius 2 is 1.93 bits per heavy atom. The molecule has 4 atom stereocenters. The van der Waals surface area contributed by atoms with Crippen LogP contribution in [-0.2, 0) is 23.9 Å². The zero-order valence-corrected chi connectivity index (χ0v) is 17.6. The minimum atomic E-state index is -1.11. The fourth-order valence-electron chi connectivity index (χ4n) is 5.97. The second-order valence-corrected chi connectivity index (χ2v) is 9.76. The van der Waals surface area contributed by atoms with E-state index in [0.717, 1.165) is 24.8 Å². The smallest absolute Gasteiger partial charge is 0.308 e. The van der Waals surface area contributed by atoms with Crippen LogP contribution < -0.4 is 0 Å². The van der Waals surface area contributed by atoms with Gasteiger partial charge in [-0.15, -0.1) is 0 Å². The van der Waals surface area contributed by atoms with E-state index in [9.17, 15) is 19.5 Å². The number of esters is 2. The molecule has 3 aliphatic rings. The van der Waals surface area contributed by atoms with Crippen LogP contribution in [0.1, 0.15) is 66.7 Å². The molecule has 0 aliphatic heterocycles. The van der Waals surface area contributed by atoms with Gasteiger partial charge in [0.25, 0.3) is 0 Å². The lowest BCUT2D eigenvalue weighted by Gasteiger charge is -2.52. The summed E-state index contributed by atoms with van der Waals surface area (Å²) in [6.45, 7) is 9.12. The van der Waals surface area contributed by atoms with Crippen molar-refractivity contribution in [2.45, 2.75) is 72.3 Å². The SMILES string of the molecule is CC(=O)OCC1=C2CC3CCC(C)C2(CC1=O)C3(C)COC(=O)CC(C)(C)O. The van der Waals surface area contributed by atoms with Crippen molar-refractivity contribution in [1.29, 1.82) is 0 Å². The molecule has 2 fully saturated rings. The molecule has 1 spiro atoms. The Balaban J connectivity index is 1.90. The summed E-state index contributed by atoms with van der Waals surface area (Å²) in [5.41, 5.74) is -0.00329. The molecule has 28 heavy (non-hydrogen) atoms. The number of ketones is 1. The van der Waals surface area contributed by atoms with Gasteiger partial charge in [-0.1, -0.05) is 19.4 Å². The van der Waals surface area contributed by atoms with Crippen molar-refractivity contribution >= 4 is 17.7 Å². The lowest BCUT2D eigenvalue weighted by Crippen LogP contribution is -2.50. The van der Waals surface area contributed by atoms with Crippen molar-refractivity contribution in [3.05, 3.63) is 11.1 Å². The highest BCUT2D eigenvalue weighted by atomic mass is 16.5. The summed E-state index contributed by atoms with van der Waals surface area (Å²) < 4.78 is 10.8. The Hall–Kier alpha value is -1.69. The second kappa shape index (κ2) is 6.97. The Labute approximate surface area is 166 Å². The first-order valence-corrected chi connectivity index (χ1v) is 10.2. The minimum Gasteiger partial charge on any atom is -0.465 e. The number of carbonyl (C=O) groups excluding carboxylic acids is 3. The molecule has 1 N–H and O–H groups in total. The Morgan fingerprint density at radius 1 is 1.25 bits per heavy atom. The van der Waals surface area contributed by atoms with Crippen LogP contribution in [0.2, 0.25) is 0 Å². The molecule has 0 amide bonds. The molecule has 2 saturated carbocycles. The first kappa shape index (κ1) is 21.0. The van der Waals surface area contributed by atoms with Crippen LogP contribution in [0.3, 0.4) is 0 Å². The molecule has 4 unspecified atom stereocenters. The first-order chi connectivity index (χ1) is 12.9. The van der Waals surface area contributed by atoms with Crippen molar-refractivity contribution in [2.75, 3.05) is 13.2 Å². The highest BCUT2D eigenvalue weighted by Crippen LogP contribution is 2.72. The molecule has 6 heteroatoms. The van der Waals surface area contributed by atoms with Crippen LogP contribution in [0, 0.1) is 22.7 Å². The van der Waals surface area contributed by atoms with Crippen LogP contribution in [0.5, 0.6) is 0 Å². The molecule has 2 bridgehead atoms. The first-order valence-electron chi connectivity index (χ1n) is 10.2. The third kappa shape index (κ3) is 3.30. The molecule has 3 aliphatic carbocycles. The molecular formula is C22H32O6. The van der Waals surface area contributed by atoms with E-state index in [1.54, 1.807) is 13.8 Å². The van der Waals surface area contributed by atoms with E-state index in [4.69, 9.17) is 9.47 Å². The number of carbonyl (C=O) groups is 3. The number of hydrogen-bond acceptors (Lipinski definition) is 6. The molecule has 156 valence electrons. The molecule has 0 aromatic heterocycles. The number of rotatable bonds is 6. The number of ether oxygens (including phenoxy) is 2. The van der Waals surface area contributed by atoms with Crippen LogP contribution in [0.4, 0.5) is 0 Å². The van der Waals surface area contributed by atoms with Gasteiger partial charge < -0.3 is 14.6 Å². The summed E-state index contributed by atoms with van der Waals surface area (Å²) in [7, 11) is 0. The lowest BCUT2D eigenvalue weighted by atomic mass is 9.52. The third-order valence-electron chi connectivity index (χ3n) is 7.37. The highest BCUT2D eigenvalue weighted by Gasteiger charge is 2.68. The van der Waals surface area contributed by atoms with E-state index < -0.39 is 11.6 Å². The fourth-order valence-corrected chi connectivity index (χ4v) is 5.97. The van der Waals surface area contributed by atoms with Gasteiger partial charge in [-0.2, -0.15) is 0 Å². The van der Waals surface area contributed by atoms with Crippen molar-refractivity contribution in [3.8, 4) is 0 Å². The van der Waals surface area contributed by atoms with E-state index in [1.807, 2.05) is 0 Å². The van der Waals surface area contributed by atoms with Gasteiger partial charge in [0.15, 0.2) is 5.78 Å². The van der Waals surface area contributed by atoms with Gasteiger partial charge in [-0.05, 0) is 44.9 Å². The number of fused-ring (bicyclic) bond motifs is 1. The maximum atomic E-state index is 12.9. The molecule has 0 aromatic rings. The molecule has 0 heterocycles. The topological polar surface area (TPSA) is 89.9 Å². The zero-order chi connectivity index (χ0) is 20.9. The maximum Gasteiger partial charge on any atom is 0.308 e. The van der Waals surface area contributed by atoms with E-state index in [2.05, 4.69) is 13.8 Å². The van der Waals surface area contributed by atoms with Gasteiger partial charge in [0.1, 0.15) is 6.61 Å². The Kier molecular flexibility index (Phi) is 5.24. The predicted octanol–water partition coefficient (Wildman–Crippen LogP) is 2.97. The second-order valence-electron chi connectivity index (χ2n) is 9.76. The van der Waals surface area contributed by atoms with Crippen LogP contribution >= 0.6 is 0 Å². The summed E-state index contributed by atoms with van der Waals surface area (Å²) >= 11 is 0. The summed E-state index contributed by atoms with van der Waals surface area (Å²) in [6, 6.07) is 0. The third-order valence-corrected chi connectivity index (χ3v) is 7.37. The molecule has 0 saturated heterocycles. The standard InChI is InChI=1S/C22H32O6/c1-13-6-7-15-8-17-16(11-27-14(2)23)18(24)9-22(13,17)21(15,5)12-28-19(25)10-20(3,4)26/h13,15,26H,6-12H2,1-5H3. The fraction of sp³-hybridized carbons (Fsp3) is 0.773. The summed E-state index contributed by atoms with van der Waals surface area (Å²) in [5, 5.41) is 9.88. The predicted molar refractivity (Wildman–Crippen MR) is 102 cm³/mol. The van der Waals surface area contributed by atoms with E-state index in [1.165, 1.54) is 6.92 Å². The normalized spacial score (nSPS) is 34.4. The Bertz CT molecular complexity index is 730. The number of aliphatic hydroxyl groups is 1. The van der Waals surface area contributed by atoms with Gasteiger partial charge >= 0.3 is 11.9 Å². The maximum absolute atomic E-state index is 12.9. The van der Waals surface area contributed by atoms with Crippen molar-refractivity contribution in [2.24, 2.45) is 22.7 Å². The summed E-state index contributed by atoms with van der Waals surface area (Å²) in [4.78, 5) is 36.4. The number of hydrogen-bond donors (Lipinski definition) is 1. The van der Waals surface area contributed by atoms with Gasteiger partial charge in [-0.3, -0.25) is 14.4 Å². The lowest BCUT2D eigenvalue weighted by molar-refractivity contribution is -0.159. The monoisotopic (exact) mass is 392 g/mol. The van der Waals surface area contributed by atoms with Crippen molar-refractivity contribution in [1.82, 2.24) is 0 Å². The van der Waals surface area contributed by atoms with Crippen LogP contribution in [0.15, 0.2) is 11.1 Å². The zero-order valence-electron chi connectivity index (χ0n) is 17.6.